The molecule has 4 heterocycles. The van der Waals surface area contributed by atoms with Crippen LogP contribution in [0.15, 0.2) is 30.7 Å². The Balaban J connectivity index is 1.40. The van der Waals surface area contributed by atoms with Gasteiger partial charge in [-0.15, -0.1) is 0 Å². The molecule has 158 valence electrons. The van der Waals surface area contributed by atoms with Gasteiger partial charge in [0.15, 0.2) is 0 Å². The second-order valence-electron chi connectivity index (χ2n) is 8.16. The normalized spacial score (nSPS) is 18.7. The molecular weight excluding hydrogens is 404 g/mol. The average molecular weight is 429 g/mol. The molecule has 1 saturated carbocycles. The topological polar surface area (TPSA) is 113 Å². The van der Waals surface area contributed by atoms with Crippen LogP contribution in [0.4, 0.5) is 5.82 Å². The summed E-state index contributed by atoms with van der Waals surface area (Å²) in [5.74, 6) is 0.661. The number of anilines is 1. The molecule has 9 nitrogen and oxygen atoms in total. The van der Waals surface area contributed by atoms with Crippen molar-refractivity contribution in [1.29, 1.82) is 0 Å². The number of aromatic nitrogens is 4. The molecule has 2 aliphatic rings. The van der Waals surface area contributed by atoms with Gasteiger partial charge in [-0.1, -0.05) is 0 Å². The lowest BCUT2D eigenvalue weighted by molar-refractivity contribution is -0.117. The summed E-state index contributed by atoms with van der Waals surface area (Å²) in [6, 6.07) is 4.02. The van der Waals surface area contributed by atoms with E-state index in [4.69, 9.17) is 0 Å². The number of amides is 1. The number of carbonyl (C=O) groups is 1. The lowest BCUT2D eigenvalue weighted by Crippen LogP contribution is -2.38. The van der Waals surface area contributed by atoms with Crippen molar-refractivity contribution in [3.8, 4) is 11.1 Å². The highest BCUT2D eigenvalue weighted by atomic mass is 32.2. The lowest BCUT2D eigenvalue weighted by Gasteiger charge is -2.30. The first-order chi connectivity index (χ1) is 14.4. The monoisotopic (exact) mass is 428 g/mol. The molecule has 0 spiro atoms. The highest BCUT2D eigenvalue weighted by molar-refractivity contribution is 7.88. The Morgan fingerprint density at radius 3 is 2.70 bits per heavy atom. The van der Waals surface area contributed by atoms with Crippen LogP contribution in [-0.4, -0.2) is 57.7 Å². The first-order valence-electron chi connectivity index (χ1n) is 10.2. The number of piperidine rings is 1. The summed E-state index contributed by atoms with van der Waals surface area (Å²) in [6.45, 7) is 1.01. The molecular formula is C20H24N6O3S. The quantitative estimate of drug-likeness (QED) is 0.648. The summed E-state index contributed by atoms with van der Waals surface area (Å²) in [6.07, 6.45) is 10.2. The van der Waals surface area contributed by atoms with Crippen molar-refractivity contribution in [2.24, 2.45) is 5.92 Å². The minimum absolute atomic E-state index is 0.0210. The zero-order chi connectivity index (χ0) is 20.9. The molecule has 1 saturated heterocycles. The molecule has 30 heavy (non-hydrogen) atoms. The standard InChI is InChI=1S/C20H24N6O3S/c1-30(28,29)25-8-5-15(6-9-25)26-12-14(11-22-26)17-10-18(24-20(27)13-2-3-13)23-19-16(17)4-7-21-19/h4,7,10-13,15H,2-3,5-6,8-9H2,1H3,(H2,21,23,24,27). The molecule has 0 bridgehead atoms. The van der Waals surface area contributed by atoms with E-state index in [1.165, 1.54) is 10.6 Å². The van der Waals surface area contributed by atoms with Gasteiger partial charge in [-0.2, -0.15) is 5.10 Å². The van der Waals surface area contributed by atoms with E-state index >= 15 is 0 Å². The highest BCUT2D eigenvalue weighted by Crippen LogP contribution is 2.33. The number of carbonyl (C=O) groups excluding carboxylic acids is 1. The van der Waals surface area contributed by atoms with Crippen LogP contribution in [0.2, 0.25) is 0 Å². The fourth-order valence-corrected chi connectivity index (χ4v) is 4.90. The second-order valence-corrected chi connectivity index (χ2v) is 10.1. The molecule has 3 aromatic heterocycles. The highest BCUT2D eigenvalue weighted by Gasteiger charge is 2.30. The van der Waals surface area contributed by atoms with E-state index in [0.29, 0.717) is 24.6 Å². The predicted molar refractivity (Wildman–Crippen MR) is 113 cm³/mol. The Hall–Kier alpha value is -2.72. The molecule has 0 unspecified atom stereocenters. The van der Waals surface area contributed by atoms with E-state index in [1.54, 1.807) is 0 Å². The molecule has 0 atom stereocenters. The zero-order valence-electron chi connectivity index (χ0n) is 16.7. The summed E-state index contributed by atoms with van der Waals surface area (Å²) in [5.41, 5.74) is 2.61. The molecule has 0 radical (unpaired) electrons. The second kappa shape index (κ2) is 7.21. The average Bonchev–Trinajstić information content (AvgIpc) is 3.27. The van der Waals surface area contributed by atoms with Gasteiger partial charge in [-0.25, -0.2) is 17.7 Å². The van der Waals surface area contributed by atoms with E-state index in [-0.39, 0.29) is 17.9 Å². The number of sulfonamides is 1. The van der Waals surface area contributed by atoms with Gasteiger partial charge in [-0.3, -0.25) is 9.48 Å². The number of hydrogen-bond donors (Lipinski definition) is 2. The minimum Gasteiger partial charge on any atom is -0.346 e. The van der Waals surface area contributed by atoms with Gasteiger partial charge in [-0.05, 0) is 43.4 Å². The Labute approximate surface area is 174 Å². The van der Waals surface area contributed by atoms with Crippen molar-refractivity contribution in [3.05, 3.63) is 30.7 Å². The van der Waals surface area contributed by atoms with Gasteiger partial charge in [0.25, 0.3) is 0 Å². The van der Waals surface area contributed by atoms with Crippen LogP contribution in [-0.2, 0) is 14.8 Å². The predicted octanol–water partition coefficient (Wildman–Crippen LogP) is 2.37. The maximum absolute atomic E-state index is 12.2. The van der Waals surface area contributed by atoms with Crippen LogP contribution in [0.25, 0.3) is 22.2 Å². The number of H-pyrrole nitrogens is 1. The SMILES string of the molecule is CS(=O)(=O)N1CCC(n2cc(-c3cc(NC(=O)C4CC4)nc4[nH]ccc34)cn2)CC1. The van der Waals surface area contributed by atoms with Gasteiger partial charge in [0.1, 0.15) is 11.5 Å². The fraction of sp³-hybridized carbons (Fsp3) is 0.450. The maximum Gasteiger partial charge on any atom is 0.228 e. The van der Waals surface area contributed by atoms with Crippen molar-refractivity contribution in [3.63, 3.8) is 0 Å². The Morgan fingerprint density at radius 1 is 1.23 bits per heavy atom. The molecule has 3 aromatic rings. The number of nitrogens with zero attached hydrogens (tertiary/aromatic N) is 4. The summed E-state index contributed by atoms with van der Waals surface area (Å²) in [4.78, 5) is 19.8. The number of rotatable bonds is 5. The molecule has 1 aliphatic heterocycles. The van der Waals surface area contributed by atoms with Crippen molar-refractivity contribution < 1.29 is 13.2 Å². The van der Waals surface area contributed by atoms with Gasteiger partial charge < -0.3 is 10.3 Å². The van der Waals surface area contributed by atoms with Gasteiger partial charge in [0.2, 0.25) is 15.9 Å². The van der Waals surface area contributed by atoms with Crippen LogP contribution >= 0.6 is 0 Å². The van der Waals surface area contributed by atoms with Crippen molar-refractivity contribution in [1.82, 2.24) is 24.1 Å². The Morgan fingerprint density at radius 2 is 2.00 bits per heavy atom. The van der Waals surface area contributed by atoms with Crippen LogP contribution < -0.4 is 5.32 Å². The fourth-order valence-electron chi connectivity index (χ4n) is 4.03. The van der Waals surface area contributed by atoms with Crippen LogP contribution in [0.3, 0.4) is 0 Å². The van der Waals surface area contributed by atoms with Gasteiger partial charge in [0.05, 0.1) is 18.5 Å². The Kier molecular flexibility index (Phi) is 4.62. The third-order valence-electron chi connectivity index (χ3n) is 5.91. The zero-order valence-corrected chi connectivity index (χ0v) is 17.5. The summed E-state index contributed by atoms with van der Waals surface area (Å²) in [7, 11) is -3.14. The maximum atomic E-state index is 12.2. The van der Waals surface area contributed by atoms with Crippen molar-refractivity contribution >= 4 is 32.8 Å². The summed E-state index contributed by atoms with van der Waals surface area (Å²) < 4.78 is 26.9. The molecule has 10 heteroatoms. The molecule has 1 amide bonds. The van der Waals surface area contributed by atoms with Gasteiger partial charge >= 0.3 is 0 Å². The van der Waals surface area contributed by atoms with Crippen molar-refractivity contribution in [2.75, 3.05) is 24.7 Å². The summed E-state index contributed by atoms with van der Waals surface area (Å²) in [5, 5.41) is 8.44. The van der Waals surface area contributed by atoms with Gasteiger partial charge in [0, 0.05) is 42.4 Å². The number of nitrogens with one attached hydrogen (secondary N) is 2. The minimum atomic E-state index is -3.14. The molecule has 2 N–H and O–H groups in total. The number of pyridine rings is 1. The largest absolute Gasteiger partial charge is 0.346 e. The van der Waals surface area contributed by atoms with E-state index in [9.17, 15) is 13.2 Å². The molecule has 0 aromatic carbocycles. The van der Waals surface area contributed by atoms with E-state index < -0.39 is 10.0 Å². The number of fused-ring (bicyclic) bond motifs is 1. The summed E-state index contributed by atoms with van der Waals surface area (Å²) >= 11 is 0. The number of hydrogen-bond acceptors (Lipinski definition) is 5. The molecule has 1 aliphatic carbocycles. The smallest absolute Gasteiger partial charge is 0.228 e. The number of aromatic amines is 1. The third kappa shape index (κ3) is 3.72. The first-order valence-corrected chi connectivity index (χ1v) is 12.0. The van der Waals surface area contributed by atoms with Crippen LogP contribution in [0, 0.1) is 5.92 Å². The van der Waals surface area contributed by atoms with Crippen LogP contribution in [0.1, 0.15) is 31.7 Å². The first kappa shape index (κ1) is 19.3. The van der Waals surface area contributed by atoms with E-state index in [0.717, 1.165) is 42.2 Å². The third-order valence-corrected chi connectivity index (χ3v) is 7.21. The van der Waals surface area contributed by atoms with Crippen molar-refractivity contribution in [2.45, 2.75) is 31.7 Å². The van der Waals surface area contributed by atoms with E-state index in [2.05, 4.69) is 20.4 Å². The molecule has 5 rings (SSSR count). The van der Waals surface area contributed by atoms with E-state index in [1.807, 2.05) is 35.4 Å². The lowest BCUT2D eigenvalue weighted by atomic mass is 10.1. The Bertz CT molecular complexity index is 1200. The van der Waals surface area contributed by atoms with Crippen LogP contribution in [0.5, 0.6) is 0 Å². The molecule has 2 fully saturated rings.